The van der Waals surface area contributed by atoms with E-state index in [1.54, 1.807) is 12.5 Å². The van der Waals surface area contributed by atoms with Crippen LogP contribution in [0.4, 0.5) is 0 Å². The molecule has 1 amide bonds. The smallest absolute Gasteiger partial charge is 0.222 e. The lowest BCUT2D eigenvalue weighted by Crippen LogP contribution is -2.32. The number of rotatable bonds is 7. The summed E-state index contributed by atoms with van der Waals surface area (Å²) in [6.45, 7) is 1.19. The summed E-state index contributed by atoms with van der Waals surface area (Å²) in [5.41, 5.74) is 3.05. The summed E-state index contributed by atoms with van der Waals surface area (Å²) in [5.74, 6) is 0.00814. The molecule has 6 nitrogen and oxygen atoms in total. The van der Waals surface area contributed by atoms with E-state index in [-0.39, 0.29) is 11.9 Å². The van der Waals surface area contributed by atoms with Gasteiger partial charge in [0.05, 0.1) is 29.9 Å². The number of imidazole rings is 1. The first-order valence-electron chi connectivity index (χ1n) is 9.01. The number of fused-ring (bicyclic) bond motifs is 1. The van der Waals surface area contributed by atoms with Gasteiger partial charge in [0.15, 0.2) is 0 Å². The Morgan fingerprint density at radius 1 is 1.04 bits per heavy atom. The van der Waals surface area contributed by atoms with Crippen LogP contribution in [0, 0.1) is 0 Å². The molecule has 2 heterocycles. The van der Waals surface area contributed by atoms with E-state index in [0.717, 1.165) is 16.6 Å². The molecular formula is C21H21N5O. The normalized spacial score (nSPS) is 12.1. The fourth-order valence-corrected chi connectivity index (χ4v) is 3.19. The molecule has 2 aromatic heterocycles. The first kappa shape index (κ1) is 17.0. The third-order valence-corrected chi connectivity index (χ3v) is 4.57. The second kappa shape index (κ2) is 7.86. The third kappa shape index (κ3) is 4.06. The fourth-order valence-electron chi connectivity index (χ4n) is 3.19. The minimum Gasteiger partial charge on any atom is -0.347 e. The Bertz CT molecular complexity index is 1010. The summed E-state index contributed by atoms with van der Waals surface area (Å²) in [5, 5.41) is 7.41. The topological polar surface area (TPSA) is 64.7 Å². The van der Waals surface area contributed by atoms with Gasteiger partial charge in [0.25, 0.3) is 0 Å². The predicted octanol–water partition coefficient (Wildman–Crippen LogP) is 3.18. The molecule has 0 aliphatic heterocycles. The predicted molar refractivity (Wildman–Crippen MR) is 104 cm³/mol. The van der Waals surface area contributed by atoms with E-state index in [9.17, 15) is 4.79 Å². The zero-order valence-electron chi connectivity index (χ0n) is 14.9. The van der Waals surface area contributed by atoms with Crippen LogP contribution in [0.2, 0.25) is 0 Å². The van der Waals surface area contributed by atoms with Gasteiger partial charge in [-0.15, -0.1) is 0 Å². The van der Waals surface area contributed by atoms with Crippen LogP contribution < -0.4 is 5.32 Å². The fraction of sp³-hybridized carbons (Fsp3) is 0.190. The molecule has 27 heavy (non-hydrogen) atoms. The van der Waals surface area contributed by atoms with Gasteiger partial charge < -0.3 is 9.88 Å². The molecule has 0 fully saturated rings. The Labute approximate surface area is 157 Å². The second-order valence-corrected chi connectivity index (χ2v) is 6.44. The zero-order valence-corrected chi connectivity index (χ0v) is 14.9. The molecule has 1 unspecified atom stereocenters. The molecular weight excluding hydrogens is 338 g/mol. The first-order valence-corrected chi connectivity index (χ1v) is 9.01. The number of para-hydroxylation sites is 2. The molecule has 0 saturated heterocycles. The molecule has 4 aromatic rings. The van der Waals surface area contributed by atoms with Crippen LogP contribution in [0.15, 0.2) is 79.4 Å². The van der Waals surface area contributed by atoms with E-state index in [1.807, 2.05) is 76.1 Å². The zero-order chi connectivity index (χ0) is 18.5. The Hall–Kier alpha value is -3.41. The van der Waals surface area contributed by atoms with E-state index in [1.165, 1.54) is 0 Å². The molecule has 136 valence electrons. The van der Waals surface area contributed by atoms with Crippen molar-refractivity contribution >= 4 is 16.9 Å². The average molecular weight is 359 g/mol. The monoisotopic (exact) mass is 359 g/mol. The van der Waals surface area contributed by atoms with Gasteiger partial charge in [-0.3, -0.25) is 9.48 Å². The van der Waals surface area contributed by atoms with Gasteiger partial charge >= 0.3 is 0 Å². The Morgan fingerprint density at radius 3 is 2.67 bits per heavy atom. The number of carbonyl (C=O) groups excluding carboxylic acids is 1. The Morgan fingerprint density at radius 2 is 1.85 bits per heavy atom. The van der Waals surface area contributed by atoms with Gasteiger partial charge in [-0.1, -0.05) is 42.5 Å². The molecule has 0 saturated carbocycles. The van der Waals surface area contributed by atoms with Crippen LogP contribution in [-0.2, 0) is 17.9 Å². The second-order valence-electron chi connectivity index (χ2n) is 6.44. The Balaban J connectivity index is 1.43. The number of nitrogens with one attached hydrogen (secondary N) is 1. The summed E-state index contributed by atoms with van der Waals surface area (Å²) >= 11 is 0. The number of carbonyl (C=O) groups is 1. The number of hydrogen-bond donors (Lipinski definition) is 1. The van der Waals surface area contributed by atoms with Gasteiger partial charge in [0.1, 0.15) is 0 Å². The molecule has 0 radical (unpaired) electrons. The van der Waals surface area contributed by atoms with Gasteiger partial charge in [-0.25, -0.2) is 4.98 Å². The van der Waals surface area contributed by atoms with Crippen molar-refractivity contribution in [3.8, 4) is 0 Å². The van der Waals surface area contributed by atoms with Gasteiger partial charge in [0.2, 0.25) is 5.91 Å². The third-order valence-electron chi connectivity index (χ3n) is 4.57. The molecule has 1 N–H and O–H groups in total. The molecule has 6 heteroatoms. The number of amides is 1. The largest absolute Gasteiger partial charge is 0.347 e. The van der Waals surface area contributed by atoms with Crippen molar-refractivity contribution in [3.63, 3.8) is 0 Å². The van der Waals surface area contributed by atoms with Gasteiger partial charge in [-0.05, 0) is 23.8 Å². The van der Waals surface area contributed by atoms with Gasteiger partial charge in [-0.2, -0.15) is 5.10 Å². The van der Waals surface area contributed by atoms with Crippen molar-refractivity contribution in [1.82, 2.24) is 24.6 Å². The maximum atomic E-state index is 12.6. The van der Waals surface area contributed by atoms with E-state index >= 15 is 0 Å². The van der Waals surface area contributed by atoms with E-state index in [4.69, 9.17) is 0 Å². The lowest BCUT2D eigenvalue weighted by molar-refractivity contribution is -0.122. The van der Waals surface area contributed by atoms with Crippen molar-refractivity contribution < 1.29 is 4.79 Å². The summed E-state index contributed by atoms with van der Waals surface area (Å²) in [6.07, 6.45) is 5.83. The minimum atomic E-state index is -0.127. The van der Waals surface area contributed by atoms with Crippen LogP contribution >= 0.6 is 0 Å². The summed E-state index contributed by atoms with van der Waals surface area (Å²) < 4.78 is 3.85. The molecule has 4 rings (SSSR count). The van der Waals surface area contributed by atoms with E-state index in [2.05, 4.69) is 15.4 Å². The quantitative estimate of drug-likeness (QED) is 0.551. The van der Waals surface area contributed by atoms with Crippen molar-refractivity contribution in [2.75, 3.05) is 0 Å². The highest BCUT2D eigenvalue weighted by Gasteiger charge is 2.15. The van der Waals surface area contributed by atoms with Crippen molar-refractivity contribution in [1.29, 1.82) is 0 Å². The first-order chi connectivity index (χ1) is 13.3. The van der Waals surface area contributed by atoms with E-state index in [0.29, 0.717) is 19.5 Å². The molecule has 1 atom stereocenters. The van der Waals surface area contributed by atoms with Crippen molar-refractivity contribution in [3.05, 3.63) is 84.9 Å². The van der Waals surface area contributed by atoms with Crippen LogP contribution in [0.25, 0.3) is 11.0 Å². The lowest BCUT2D eigenvalue weighted by Gasteiger charge is -2.19. The van der Waals surface area contributed by atoms with Crippen LogP contribution in [-0.4, -0.2) is 25.2 Å². The maximum Gasteiger partial charge on any atom is 0.222 e. The summed E-state index contributed by atoms with van der Waals surface area (Å²) in [6, 6.07) is 19.7. The van der Waals surface area contributed by atoms with E-state index < -0.39 is 0 Å². The molecule has 0 aliphatic rings. The molecule has 0 aliphatic carbocycles. The molecule has 0 bridgehead atoms. The standard InChI is InChI=1S/C21H21N5O/c27-21(11-14-25-16-22-18-9-4-5-10-20(18)25)24-19(15-26-13-6-12-23-26)17-7-2-1-3-8-17/h1-10,12-13,16,19H,11,14-15H2,(H,24,27). The number of nitrogens with zero attached hydrogens (tertiary/aromatic N) is 4. The molecule has 0 spiro atoms. The molecule has 2 aromatic carbocycles. The van der Waals surface area contributed by atoms with Crippen LogP contribution in [0.3, 0.4) is 0 Å². The van der Waals surface area contributed by atoms with Crippen molar-refractivity contribution in [2.24, 2.45) is 0 Å². The highest BCUT2D eigenvalue weighted by atomic mass is 16.1. The maximum absolute atomic E-state index is 12.6. The highest BCUT2D eigenvalue weighted by molar-refractivity contribution is 5.77. The number of aryl methyl sites for hydroxylation is 1. The Kier molecular flexibility index (Phi) is 4.96. The van der Waals surface area contributed by atoms with Crippen molar-refractivity contribution in [2.45, 2.75) is 25.6 Å². The average Bonchev–Trinajstić information content (AvgIpc) is 3.36. The summed E-state index contributed by atoms with van der Waals surface area (Å²) in [7, 11) is 0. The number of aromatic nitrogens is 4. The SMILES string of the molecule is O=C(CCn1cnc2ccccc21)NC(Cn1cccn1)c1ccccc1. The van der Waals surface area contributed by atoms with Gasteiger partial charge in [0, 0.05) is 25.4 Å². The highest BCUT2D eigenvalue weighted by Crippen LogP contribution is 2.16. The lowest BCUT2D eigenvalue weighted by atomic mass is 10.1. The minimum absolute atomic E-state index is 0.00814. The summed E-state index contributed by atoms with van der Waals surface area (Å²) in [4.78, 5) is 17.0. The number of benzene rings is 2. The van der Waals surface area contributed by atoms with Crippen LogP contribution in [0.5, 0.6) is 0 Å². The van der Waals surface area contributed by atoms with Crippen LogP contribution in [0.1, 0.15) is 18.0 Å². The number of hydrogen-bond acceptors (Lipinski definition) is 3.